The summed E-state index contributed by atoms with van der Waals surface area (Å²) in [6.07, 6.45) is 1.11. The molecule has 0 amide bonds. The highest BCUT2D eigenvalue weighted by molar-refractivity contribution is 7.15. The second kappa shape index (κ2) is 7.64. The van der Waals surface area contributed by atoms with Crippen molar-refractivity contribution >= 4 is 28.6 Å². The number of phenolic OH excluding ortho intramolecular Hbond substituents is 1. The van der Waals surface area contributed by atoms with Gasteiger partial charge in [0, 0.05) is 30.9 Å². The Kier molecular flexibility index (Phi) is 5.84. The molecule has 0 bridgehead atoms. The van der Waals surface area contributed by atoms with Gasteiger partial charge in [-0.25, -0.2) is 4.98 Å². The molecule has 1 heterocycles. The summed E-state index contributed by atoms with van der Waals surface area (Å²) in [5, 5.41) is 13.2. The highest BCUT2D eigenvalue weighted by Crippen LogP contribution is 2.41. The Morgan fingerprint density at radius 3 is 2.59 bits per heavy atom. The van der Waals surface area contributed by atoms with Gasteiger partial charge in [0.2, 0.25) is 0 Å². The van der Waals surface area contributed by atoms with Crippen LogP contribution in [-0.2, 0) is 16.0 Å². The molecule has 2 aromatic rings. The molecule has 2 rings (SSSR count). The minimum absolute atomic E-state index is 0.0297. The van der Waals surface area contributed by atoms with Crippen LogP contribution < -0.4 is 10.1 Å². The molecular weight excluding hydrogens is 328 g/mol. The molecule has 0 saturated carbocycles. The van der Waals surface area contributed by atoms with E-state index in [2.05, 4.69) is 10.3 Å². The van der Waals surface area contributed by atoms with E-state index < -0.39 is 6.29 Å². The SMILES string of the molecule is COc1c(O)ccc(C(OC)OC)c1NCc1cnc(Cl)s1. The molecule has 6 nitrogen and oxygen atoms in total. The summed E-state index contributed by atoms with van der Waals surface area (Å²) in [7, 11) is 4.57. The van der Waals surface area contributed by atoms with Gasteiger partial charge in [-0.15, -0.1) is 11.3 Å². The number of benzene rings is 1. The van der Waals surface area contributed by atoms with Gasteiger partial charge in [0.1, 0.15) is 0 Å². The first-order valence-corrected chi connectivity index (χ1v) is 7.59. The van der Waals surface area contributed by atoms with Crippen LogP contribution in [-0.4, -0.2) is 31.4 Å². The number of anilines is 1. The maximum absolute atomic E-state index is 9.97. The van der Waals surface area contributed by atoms with Gasteiger partial charge in [-0.1, -0.05) is 11.6 Å². The van der Waals surface area contributed by atoms with Gasteiger partial charge < -0.3 is 24.6 Å². The number of aromatic nitrogens is 1. The first-order chi connectivity index (χ1) is 10.6. The zero-order valence-electron chi connectivity index (χ0n) is 12.4. The number of thiazole rings is 1. The molecule has 0 aliphatic carbocycles. The van der Waals surface area contributed by atoms with E-state index in [-0.39, 0.29) is 5.75 Å². The topological polar surface area (TPSA) is 72.8 Å². The van der Waals surface area contributed by atoms with Gasteiger partial charge in [-0.05, 0) is 12.1 Å². The maximum Gasteiger partial charge on any atom is 0.185 e. The van der Waals surface area contributed by atoms with Crippen LogP contribution in [0.15, 0.2) is 18.3 Å². The predicted molar refractivity (Wildman–Crippen MR) is 85.9 cm³/mol. The number of hydrogen-bond acceptors (Lipinski definition) is 7. The van der Waals surface area contributed by atoms with E-state index in [1.807, 2.05) is 0 Å². The van der Waals surface area contributed by atoms with Crippen molar-refractivity contribution < 1.29 is 19.3 Å². The van der Waals surface area contributed by atoms with E-state index in [1.54, 1.807) is 26.5 Å². The standard InChI is InChI=1S/C14H17ClN2O4S/c1-19-12-10(18)5-4-9(13(20-2)21-3)11(12)16-6-8-7-17-14(15)22-8/h4-5,7,13,16,18H,6H2,1-3H3. The number of nitrogens with one attached hydrogen (secondary N) is 1. The largest absolute Gasteiger partial charge is 0.504 e. The number of phenols is 1. The highest BCUT2D eigenvalue weighted by atomic mass is 35.5. The number of ether oxygens (including phenoxy) is 3. The number of halogens is 1. The zero-order chi connectivity index (χ0) is 16.1. The van der Waals surface area contributed by atoms with Gasteiger partial charge in [0.05, 0.1) is 19.3 Å². The molecule has 120 valence electrons. The van der Waals surface area contributed by atoms with Crippen molar-refractivity contribution in [3.8, 4) is 11.5 Å². The van der Waals surface area contributed by atoms with Crippen LogP contribution in [0.5, 0.6) is 11.5 Å². The van der Waals surface area contributed by atoms with Gasteiger partial charge in [0.15, 0.2) is 22.3 Å². The molecule has 0 unspecified atom stereocenters. The Labute approximate surface area is 137 Å². The van der Waals surface area contributed by atoms with Gasteiger partial charge in [0.25, 0.3) is 0 Å². The smallest absolute Gasteiger partial charge is 0.185 e. The lowest BCUT2D eigenvalue weighted by atomic mass is 10.1. The molecule has 0 aliphatic rings. The molecule has 0 atom stereocenters. The molecule has 8 heteroatoms. The lowest BCUT2D eigenvalue weighted by Crippen LogP contribution is -2.10. The predicted octanol–water partition coefficient (Wildman–Crippen LogP) is 3.41. The molecule has 1 aromatic heterocycles. The first kappa shape index (κ1) is 16.8. The Morgan fingerprint density at radius 1 is 1.32 bits per heavy atom. The minimum Gasteiger partial charge on any atom is -0.504 e. The average Bonchev–Trinajstić information content (AvgIpc) is 2.93. The Bertz CT molecular complexity index is 631. The molecule has 0 fully saturated rings. The van der Waals surface area contributed by atoms with E-state index in [4.69, 9.17) is 25.8 Å². The normalized spacial score (nSPS) is 11.0. The number of aromatic hydroxyl groups is 1. The molecule has 0 aliphatic heterocycles. The van der Waals surface area contributed by atoms with Crippen molar-refractivity contribution in [1.82, 2.24) is 4.98 Å². The molecule has 0 radical (unpaired) electrons. The molecule has 0 spiro atoms. The monoisotopic (exact) mass is 344 g/mol. The van der Waals surface area contributed by atoms with Crippen molar-refractivity contribution in [2.24, 2.45) is 0 Å². The minimum atomic E-state index is -0.581. The Morgan fingerprint density at radius 2 is 2.05 bits per heavy atom. The molecule has 22 heavy (non-hydrogen) atoms. The Hall–Kier alpha value is -1.54. The fourth-order valence-corrected chi connectivity index (χ4v) is 2.98. The van der Waals surface area contributed by atoms with Crippen LogP contribution in [0.4, 0.5) is 5.69 Å². The lowest BCUT2D eigenvalue weighted by molar-refractivity contribution is -0.105. The molecular formula is C14H17ClN2O4S. The summed E-state index contributed by atoms with van der Waals surface area (Å²) >= 11 is 7.20. The quantitative estimate of drug-likeness (QED) is 0.750. The average molecular weight is 345 g/mol. The summed E-state index contributed by atoms with van der Waals surface area (Å²) in [4.78, 5) is 4.94. The van der Waals surface area contributed by atoms with Crippen LogP contribution >= 0.6 is 22.9 Å². The van der Waals surface area contributed by atoms with Crippen LogP contribution in [0.25, 0.3) is 0 Å². The van der Waals surface area contributed by atoms with E-state index in [0.717, 1.165) is 10.4 Å². The van der Waals surface area contributed by atoms with Crippen molar-refractivity contribution in [2.45, 2.75) is 12.8 Å². The summed E-state index contributed by atoms with van der Waals surface area (Å²) in [6, 6.07) is 3.26. The van der Waals surface area contributed by atoms with Crippen LogP contribution in [0.1, 0.15) is 16.7 Å². The van der Waals surface area contributed by atoms with Crippen molar-refractivity contribution in [3.63, 3.8) is 0 Å². The first-order valence-electron chi connectivity index (χ1n) is 6.40. The number of rotatable bonds is 7. The fourth-order valence-electron chi connectivity index (χ4n) is 2.06. The number of hydrogen-bond donors (Lipinski definition) is 2. The van der Waals surface area contributed by atoms with Crippen LogP contribution in [0, 0.1) is 0 Å². The van der Waals surface area contributed by atoms with Gasteiger partial charge >= 0.3 is 0 Å². The lowest BCUT2D eigenvalue weighted by Gasteiger charge is -2.21. The van der Waals surface area contributed by atoms with Crippen molar-refractivity contribution in [3.05, 3.63) is 33.2 Å². The highest BCUT2D eigenvalue weighted by Gasteiger charge is 2.20. The summed E-state index contributed by atoms with van der Waals surface area (Å²) in [5.74, 6) is 0.356. The number of nitrogens with zero attached hydrogens (tertiary/aromatic N) is 1. The van der Waals surface area contributed by atoms with E-state index >= 15 is 0 Å². The van der Waals surface area contributed by atoms with Gasteiger partial charge in [-0.3, -0.25) is 0 Å². The third kappa shape index (κ3) is 3.61. The van der Waals surface area contributed by atoms with Crippen molar-refractivity contribution in [2.75, 3.05) is 26.6 Å². The number of methoxy groups -OCH3 is 3. The maximum atomic E-state index is 9.97. The van der Waals surface area contributed by atoms with E-state index in [0.29, 0.717) is 22.4 Å². The Balaban J connectivity index is 2.34. The molecule has 2 N–H and O–H groups in total. The van der Waals surface area contributed by atoms with Crippen molar-refractivity contribution in [1.29, 1.82) is 0 Å². The van der Waals surface area contributed by atoms with Crippen LogP contribution in [0.3, 0.4) is 0 Å². The van der Waals surface area contributed by atoms with Crippen LogP contribution in [0.2, 0.25) is 4.47 Å². The third-order valence-electron chi connectivity index (χ3n) is 3.02. The second-order valence-corrected chi connectivity index (χ2v) is 6.02. The summed E-state index contributed by atoms with van der Waals surface area (Å²) in [5.41, 5.74) is 1.32. The fraction of sp³-hybridized carbons (Fsp3) is 0.357. The zero-order valence-corrected chi connectivity index (χ0v) is 14.0. The summed E-state index contributed by atoms with van der Waals surface area (Å²) < 4.78 is 16.3. The third-order valence-corrected chi connectivity index (χ3v) is 4.13. The molecule has 0 saturated heterocycles. The van der Waals surface area contributed by atoms with E-state index in [9.17, 15) is 5.11 Å². The second-order valence-electron chi connectivity index (χ2n) is 4.32. The van der Waals surface area contributed by atoms with E-state index in [1.165, 1.54) is 24.5 Å². The molecule has 1 aromatic carbocycles. The summed E-state index contributed by atoms with van der Waals surface area (Å²) in [6.45, 7) is 0.483. The van der Waals surface area contributed by atoms with Gasteiger partial charge in [-0.2, -0.15) is 0 Å².